The van der Waals surface area contributed by atoms with E-state index in [1.807, 2.05) is 0 Å². The maximum atomic E-state index is 10.7. The summed E-state index contributed by atoms with van der Waals surface area (Å²) in [6, 6.07) is 3.41. The van der Waals surface area contributed by atoms with Crippen LogP contribution in [-0.2, 0) is 4.79 Å². The first kappa shape index (κ1) is 12.0. The average molecular weight is 275 g/mol. The van der Waals surface area contributed by atoms with Crippen LogP contribution < -0.4 is 4.74 Å². The fraction of sp³-hybridized carbons (Fsp3) is 0.300. The molecule has 2 N–H and O–H groups in total. The number of carboxylic acids is 1. The van der Waals surface area contributed by atoms with Gasteiger partial charge in [-0.2, -0.15) is 0 Å². The highest BCUT2D eigenvalue weighted by atomic mass is 79.9. The van der Waals surface area contributed by atoms with Gasteiger partial charge in [0.25, 0.3) is 0 Å². The number of aryl methyl sites for hydroxylation is 1. The molecule has 0 aliphatic heterocycles. The fourth-order valence-corrected chi connectivity index (χ4v) is 2.11. The van der Waals surface area contributed by atoms with Gasteiger partial charge in [-0.1, -0.05) is 6.07 Å². The van der Waals surface area contributed by atoms with Gasteiger partial charge in [0.1, 0.15) is 5.75 Å². The van der Waals surface area contributed by atoms with Crippen molar-refractivity contribution >= 4 is 21.9 Å². The summed E-state index contributed by atoms with van der Waals surface area (Å²) in [6.07, 6.45) is -1.55. The van der Waals surface area contributed by atoms with Crippen LogP contribution in [0.1, 0.15) is 17.2 Å². The Labute approximate surface area is 95.6 Å². The second-order valence-electron chi connectivity index (χ2n) is 3.05. The summed E-state index contributed by atoms with van der Waals surface area (Å²) in [5.41, 5.74) is 1.01. The SMILES string of the molecule is COc1ccc(C)c(C(O)C(=O)O)c1Br. The number of methoxy groups -OCH3 is 1. The fourth-order valence-electron chi connectivity index (χ4n) is 1.29. The highest BCUT2D eigenvalue weighted by Gasteiger charge is 2.22. The third-order valence-corrected chi connectivity index (χ3v) is 2.91. The van der Waals surface area contributed by atoms with Crippen LogP contribution in [0.4, 0.5) is 0 Å². The van der Waals surface area contributed by atoms with E-state index in [0.717, 1.165) is 0 Å². The number of hydrogen-bond donors (Lipinski definition) is 2. The largest absolute Gasteiger partial charge is 0.496 e. The van der Waals surface area contributed by atoms with Crippen molar-refractivity contribution in [3.8, 4) is 5.75 Å². The van der Waals surface area contributed by atoms with Crippen LogP contribution in [0.25, 0.3) is 0 Å². The molecule has 0 amide bonds. The van der Waals surface area contributed by atoms with E-state index < -0.39 is 12.1 Å². The monoisotopic (exact) mass is 274 g/mol. The molecular formula is C10H11BrO4. The number of benzene rings is 1. The highest BCUT2D eigenvalue weighted by molar-refractivity contribution is 9.10. The van der Waals surface area contributed by atoms with Crippen molar-refractivity contribution in [3.05, 3.63) is 27.7 Å². The van der Waals surface area contributed by atoms with Gasteiger partial charge in [0, 0.05) is 5.56 Å². The summed E-state index contributed by atoms with van der Waals surface area (Å²) >= 11 is 3.21. The van der Waals surface area contributed by atoms with E-state index in [2.05, 4.69) is 15.9 Å². The van der Waals surface area contributed by atoms with Crippen molar-refractivity contribution < 1.29 is 19.7 Å². The zero-order chi connectivity index (χ0) is 11.6. The van der Waals surface area contributed by atoms with Gasteiger partial charge in [-0.3, -0.25) is 0 Å². The first-order valence-electron chi connectivity index (χ1n) is 4.23. The minimum atomic E-state index is -1.55. The molecule has 1 rings (SSSR count). The van der Waals surface area contributed by atoms with E-state index in [-0.39, 0.29) is 0 Å². The van der Waals surface area contributed by atoms with Crippen molar-refractivity contribution in [3.63, 3.8) is 0 Å². The number of aliphatic carboxylic acids is 1. The molecule has 0 heterocycles. The maximum Gasteiger partial charge on any atom is 0.337 e. The topological polar surface area (TPSA) is 66.8 Å². The third-order valence-electron chi connectivity index (χ3n) is 2.09. The number of aliphatic hydroxyl groups excluding tert-OH is 1. The zero-order valence-electron chi connectivity index (χ0n) is 8.32. The van der Waals surface area contributed by atoms with E-state index in [9.17, 15) is 9.90 Å². The molecular weight excluding hydrogens is 264 g/mol. The lowest BCUT2D eigenvalue weighted by Gasteiger charge is -2.14. The van der Waals surface area contributed by atoms with Crippen molar-refractivity contribution in [1.29, 1.82) is 0 Å². The molecule has 1 aromatic rings. The smallest absolute Gasteiger partial charge is 0.337 e. The normalized spacial score (nSPS) is 12.3. The lowest BCUT2D eigenvalue weighted by molar-refractivity contribution is -0.147. The average Bonchev–Trinajstić information content (AvgIpc) is 2.17. The molecule has 82 valence electrons. The molecule has 0 bridgehead atoms. The molecule has 0 aromatic heterocycles. The van der Waals surface area contributed by atoms with Gasteiger partial charge < -0.3 is 14.9 Å². The zero-order valence-corrected chi connectivity index (χ0v) is 9.91. The summed E-state index contributed by atoms with van der Waals surface area (Å²) in [6.45, 7) is 1.73. The molecule has 0 saturated heterocycles. The molecule has 5 heteroatoms. The molecule has 0 aliphatic rings. The van der Waals surface area contributed by atoms with Gasteiger partial charge in [0.15, 0.2) is 6.10 Å². The first-order valence-corrected chi connectivity index (χ1v) is 5.02. The van der Waals surface area contributed by atoms with E-state index in [1.54, 1.807) is 19.1 Å². The molecule has 0 spiro atoms. The van der Waals surface area contributed by atoms with Gasteiger partial charge in [-0.15, -0.1) is 0 Å². The van der Waals surface area contributed by atoms with Crippen molar-refractivity contribution in [2.45, 2.75) is 13.0 Å². The summed E-state index contributed by atoms with van der Waals surface area (Å²) in [5, 5.41) is 18.2. The number of halogens is 1. The third kappa shape index (κ3) is 2.30. The van der Waals surface area contributed by atoms with Crippen LogP contribution in [0, 0.1) is 6.92 Å². The Morgan fingerprint density at radius 1 is 1.53 bits per heavy atom. The Balaban J connectivity index is 3.32. The first-order chi connectivity index (χ1) is 6.99. The Hall–Kier alpha value is -1.07. The lowest BCUT2D eigenvalue weighted by Crippen LogP contribution is -2.13. The number of hydrogen-bond acceptors (Lipinski definition) is 3. The van der Waals surface area contributed by atoms with Gasteiger partial charge in [0.05, 0.1) is 11.6 Å². The number of aliphatic hydroxyl groups is 1. The molecule has 1 aromatic carbocycles. The van der Waals surface area contributed by atoms with E-state index in [1.165, 1.54) is 7.11 Å². The minimum Gasteiger partial charge on any atom is -0.496 e. The van der Waals surface area contributed by atoms with Gasteiger partial charge >= 0.3 is 5.97 Å². The molecule has 1 unspecified atom stereocenters. The summed E-state index contributed by atoms with van der Waals surface area (Å²) in [4.78, 5) is 10.7. The van der Waals surface area contributed by atoms with E-state index in [0.29, 0.717) is 21.3 Å². The predicted molar refractivity (Wildman–Crippen MR) is 58.0 cm³/mol. The van der Waals surface area contributed by atoms with Gasteiger partial charge in [-0.25, -0.2) is 4.79 Å². The Bertz CT molecular complexity index is 389. The van der Waals surface area contributed by atoms with Crippen molar-refractivity contribution in [2.24, 2.45) is 0 Å². The summed E-state index contributed by atoms with van der Waals surface area (Å²) < 4.78 is 5.49. The van der Waals surface area contributed by atoms with Crippen LogP contribution in [0.3, 0.4) is 0 Å². The van der Waals surface area contributed by atoms with E-state index in [4.69, 9.17) is 9.84 Å². The molecule has 1 atom stereocenters. The Kier molecular flexibility index (Phi) is 3.71. The van der Waals surface area contributed by atoms with Gasteiger partial charge in [-0.05, 0) is 34.5 Å². The second-order valence-corrected chi connectivity index (χ2v) is 3.85. The van der Waals surface area contributed by atoms with Crippen molar-refractivity contribution in [2.75, 3.05) is 7.11 Å². The number of ether oxygens (including phenoxy) is 1. The lowest BCUT2D eigenvalue weighted by atomic mass is 10.0. The Morgan fingerprint density at radius 2 is 2.13 bits per heavy atom. The number of rotatable bonds is 3. The molecule has 0 saturated carbocycles. The van der Waals surface area contributed by atoms with E-state index >= 15 is 0 Å². The second kappa shape index (κ2) is 4.63. The molecule has 15 heavy (non-hydrogen) atoms. The van der Waals surface area contributed by atoms with Crippen molar-refractivity contribution in [1.82, 2.24) is 0 Å². The quantitative estimate of drug-likeness (QED) is 0.883. The van der Waals surface area contributed by atoms with Crippen LogP contribution in [-0.4, -0.2) is 23.3 Å². The molecule has 0 aliphatic carbocycles. The molecule has 0 radical (unpaired) electrons. The van der Waals surface area contributed by atoms with Crippen LogP contribution in [0.2, 0.25) is 0 Å². The molecule has 4 nitrogen and oxygen atoms in total. The van der Waals surface area contributed by atoms with Crippen LogP contribution >= 0.6 is 15.9 Å². The molecule has 0 fully saturated rings. The Morgan fingerprint density at radius 3 is 2.60 bits per heavy atom. The number of carbonyl (C=O) groups is 1. The maximum absolute atomic E-state index is 10.7. The number of carboxylic acid groups (broad SMARTS) is 1. The summed E-state index contributed by atoms with van der Waals surface area (Å²) in [5.74, 6) is -0.789. The highest BCUT2D eigenvalue weighted by Crippen LogP contribution is 2.34. The summed E-state index contributed by atoms with van der Waals surface area (Å²) in [7, 11) is 1.48. The van der Waals surface area contributed by atoms with Crippen LogP contribution in [0.15, 0.2) is 16.6 Å². The standard InChI is InChI=1S/C10H11BrO4/c1-5-3-4-6(15-2)8(11)7(5)9(12)10(13)14/h3-4,9,12H,1-2H3,(H,13,14). The van der Waals surface area contributed by atoms with Gasteiger partial charge in [0.2, 0.25) is 0 Å². The predicted octanol–water partition coefficient (Wildman–Crippen LogP) is 1.88. The minimum absolute atomic E-state index is 0.321. The van der Waals surface area contributed by atoms with Crippen LogP contribution in [0.5, 0.6) is 5.75 Å².